The fourth-order valence-electron chi connectivity index (χ4n) is 2.85. The Morgan fingerprint density at radius 3 is 2.61 bits per heavy atom. The van der Waals surface area contributed by atoms with Gasteiger partial charge in [0, 0.05) is 16.3 Å². The van der Waals surface area contributed by atoms with Crippen LogP contribution in [0.15, 0.2) is 47.4 Å². The highest BCUT2D eigenvalue weighted by Gasteiger charge is 2.23. The van der Waals surface area contributed by atoms with E-state index in [2.05, 4.69) is 15.6 Å². The number of nitrogens with zero attached hydrogens (tertiary/aromatic N) is 1. The molecule has 0 radical (unpaired) electrons. The van der Waals surface area contributed by atoms with Gasteiger partial charge in [0.15, 0.2) is 5.13 Å². The van der Waals surface area contributed by atoms with E-state index >= 15 is 0 Å². The van der Waals surface area contributed by atoms with Crippen molar-refractivity contribution in [3.63, 3.8) is 0 Å². The Morgan fingerprint density at radius 1 is 1.26 bits per heavy atom. The Labute approximate surface area is 196 Å². The number of cyclic esters (lactones) is 1. The fourth-order valence-corrected chi connectivity index (χ4v) is 5.16. The Balaban J connectivity index is 1.42. The molecule has 1 aliphatic rings. The summed E-state index contributed by atoms with van der Waals surface area (Å²) >= 11 is 15.0. The largest absolute Gasteiger partial charge is 0.443 e. The van der Waals surface area contributed by atoms with Crippen molar-refractivity contribution in [1.29, 1.82) is 0 Å². The molecule has 1 unspecified atom stereocenters. The van der Waals surface area contributed by atoms with Crippen molar-refractivity contribution >= 4 is 74.8 Å². The van der Waals surface area contributed by atoms with Crippen LogP contribution in [-0.2, 0) is 4.74 Å². The number of ketones is 1. The number of amides is 1. The van der Waals surface area contributed by atoms with Crippen molar-refractivity contribution in [3.05, 3.63) is 63.0 Å². The average molecular weight is 495 g/mol. The Kier molecular flexibility index (Phi) is 6.57. The number of hydrogen-bond donors (Lipinski definition) is 3. The molecular formula is C20H16Cl2N4O3S2. The van der Waals surface area contributed by atoms with Crippen molar-refractivity contribution in [2.45, 2.75) is 11.0 Å². The van der Waals surface area contributed by atoms with E-state index in [9.17, 15) is 9.59 Å². The first kappa shape index (κ1) is 21.8. The van der Waals surface area contributed by atoms with Gasteiger partial charge in [-0.25, -0.2) is 9.78 Å². The molecule has 4 rings (SSSR count). The topological polar surface area (TPSA) is 106 Å². The van der Waals surface area contributed by atoms with E-state index in [0.29, 0.717) is 17.4 Å². The molecule has 2 heterocycles. The Morgan fingerprint density at radius 2 is 1.97 bits per heavy atom. The summed E-state index contributed by atoms with van der Waals surface area (Å²) in [6, 6.07) is 12.6. The van der Waals surface area contributed by atoms with Crippen LogP contribution < -0.4 is 16.4 Å². The van der Waals surface area contributed by atoms with Gasteiger partial charge in [-0.15, -0.1) is 11.8 Å². The minimum atomic E-state index is -0.373. The number of hydrogen-bond acceptors (Lipinski definition) is 8. The second kappa shape index (κ2) is 9.35. The third kappa shape index (κ3) is 5.07. The first-order chi connectivity index (χ1) is 14.9. The molecule has 1 saturated heterocycles. The standard InChI is InChI=1S/C20H16Cl2N4O3S2/c21-13-2-1-3-14(22)15(13)16(27)17-18(23)26-19(31-17)25-10-4-6-12(7-5-10)30-9-11-8-24-20(28)29-11/h1-7,11H,8-9,23H2,(H,24,28)(H,25,26). The summed E-state index contributed by atoms with van der Waals surface area (Å²) in [5.41, 5.74) is 6.97. The van der Waals surface area contributed by atoms with Crippen LogP contribution in [-0.4, -0.2) is 35.3 Å². The van der Waals surface area contributed by atoms with Crippen LogP contribution in [0.5, 0.6) is 0 Å². The molecule has 0 bridgehead atoms. The van der Waals surface area contributed by atoms with Crippen molar-refractivity contribution < 1.29 is 14.3 Å². The lowest BCUT2D eigenvalue weighted by Crippen LogP contribution is -2.16. The molecule has 3 aromatic rings. The number of nitrogens with one attached hydrogen (secondary N) is 2. The molecule has 0 spiro atoms. The van der Waals surface area contributed by atoms with E-state index in [-0.39, 0.29) is 44.3 Å². The molecule has 4 N–H and O–H groups in total. The van der Waals surface area contributed by atoms with Crippen LogP contribution in [0.3, 0.4) is 0 Å². The molecule has 160 valence electrons. The molecule has 1 fully saturated rings. The predicted molar refractivity (Wildman–Crippen MR) is 125 cm³/mol. The number of anilines is 3. The normalized spacial score (nSPS) is 15.4. The number of carbonyl (C=O) groups excluding carboxylic acids is 2. The van der Waals surface area contributed by atoms with Gasteiger partial charge in [-0.05, 0) is 36.4 Å². The molecule has 0 aliphatic carbocycles. The molecule has 7 nitrogen and oxygen atoms in total. The van der Waals surface area contributed by atoms with Crippen LogP contribution in [0.4, 0.5) is 21.4 Å². The highest BCUT2D eigenvalue weighted by atomic mass is 35.5. The monoisotopic (exact) mass is 494 g/mol. The van der Waals surface area contributed by atoms with Gasteiger partial charge >= 0.3 is 6.09 Å². The molecule has 31 heavy (non-hydrogen) atoms. The number of aromatic nitrogens is 1. The second-order valence-electron chi connectivity index (χ2n) is 6.53. The number of carbonyl (C=O) groups is 2. The first-order valence-corrected chi connectivity index (χ1v) is 11.7. The van der Waals surface area contributed by atoms with Crippen molar-refractivity contribution in [3.8, 4) is 0 Å². The van der Waals surface area contributed by atoms with Crippen LogP contribution >= 0.6 is 46.3 Å². The van der Waals surface area contributed by atoms with Crippen LogP contribution in [0.2, 0.25) is 10.0 Å². The number of halogens is 2. The van der Waals surface area contributed by atoms with Gasteiger partial charge in [0.25, 0.3) is 0 Å². The number of nitrogen functional groups attached to an aromatic ring is 1. The summed E-state index contributed by atoms with van der Waals surface area (Å²) in [7, 11) is 0. The molecule has 11 heteroatoms. The van der Waals surface area contributed by atoms with Gasteiger partial charge in [0.2, 0.25) is 5.78 Å². The van der Waals surface area contributed by atoms with Crippen LogP contribution in [0.1, 0.15) is 15.2 Å². The van der Waals surface area contributed by atoms with Crippen LogP contribution in [0.25, 0.3) is 0 Å². The van der Waals surface area contributed by atoms with Gasteiger partial charge in [-0.1, -0.05) is 40.6 Å². The molecular weight excluding hydrogens is 479 g/mol. The molecule has 2 aromatic carbocycles. The third-order valence-corrected chi connectivity index (χ3v) is 7.10. The number of thioether (sulfide) groups is 1. The Hall–Kier alpha value is -2.46. The van der Waals surface area contributed by atoms with Gasteiger partial charge in [-0.3, -0.25) is 4.79 Å². The number of ether oxygens (including phenoxy) is 1. The van der Waals surface area contributed by atoms with E-state index < -0.39 is 0 Å². The van der Waals surface area contributed by atoms with E-state index in [1.54, 1.807) is 30.0 Å². The third-order valence-electron chi connectivity index (χ3n) is 4.34. The number of thiazole rings is 1. The lowest BCUT2D eigenvalue weighted by molar-refractivity contribution is 0.104. The number of alkyl carbamates (subject to hydrolysis) is 1. The summed E-state index contributed by atoms with van der Waals surface area (Å²) in [6.45, 7) is 0.525. The zero-order chi connectivity index (χ0) is 22.0. The zero-order valence-electron chi connectivity index (χ0n) is 15.9. The number of benzene rings is 2. The molecule has 1 aromatic heterocycles. The zero-order valence-corrected chi connectivity index (χ0v) is 19.0. The van der Waals surface area contributed by atoms with E-state index in [1.165, 1.54) is 0 Å². The average Bonchev–Trinajstić information content (AvgIpc) is 3.32. The summed E-state index contributed by atoms with van der Waals surface area (Å²) in [5, 5.41) is 6.79. The summed E-state index contributed by atoms with van der Waals surface area (Å²) in [5.74, 6) is 0.415. The second-order valence-corrected chi connectivity index (χ2v) is 9.43. The van der Waals surface area contributed by atoms with Crippen molar-refractivity contribution in [2.75, 3.05) is 23.3 Å². The van der Waals surface area contributed by atoms with E-state index in [0.717, 1.165) is 21.9 Å². The smallest absolute Gasteiger partial charge is 0.407 e. The quantitative estimate of drug-likeness (QED) is 0.305. The molecule has 1 aliphatic heterocycles. The highest BCUT2D eigenvalue weighted by molar-refractivity contribution is 7.99. The van der Waals surface area contributed by atoms with Gasteiger partial charge in [0.05, 0.1) is 22.2 Å². The number of nitrogens with two attached hydrogens (primary N) is 1. The summed E-state index contributed by atoms with van der Waals surface area (Å²) in [6.07, 6.45) is -0.501. The SMILES string of the molecule is Nc1nc(Nc2ccc(SCC3CNC(=O)O3)cc2)sc1C(=O)c1c(Cl)cccc1Cl. The maximum atomic E-state index is 12.9. The van der Waals surface area contributed by atoms with Crippen molar-refractivity contribution in [1.82, 2.24) is 10.3 Å². The van der Waals surface area contributed by atoms with Crippen molar-refractivity contribution in [2.24, 2.45) is 0 Å². The predicted octanol–water partition coefficient (Wildman–Crippen LogP) is 5.21. The van der Waals surface area contributed by atoms with Crippen LogP contribution in [0, 0.1) is 0 Å². The van der Waals surface area contributed by atoms with Gasteiger partial charge in [0.1, 0.15) is 16.8 Å². The minimum Gasteiger partial charge on any atom is -0.443 e. The lowest BCUT2D eigenvalue weighted by atomic mass is 10.1. The molecule has 0 saturated carbocycles. The fraction of sp³-hybridized carbons (Fsp3) is 0.150. The number of rotatable bonds is 7. The Bertz CT molecular complexity index is 1120. The lowest BCUT2D eigenvalue weighted by Gasteiger charge is -2.08. The molecule has 1 amide bonds. The maximum absolute atomic E-state index is 12.9. The summed E-state index contributed by atoms with van der Waals surface area (Å²) < 4.78 is 5.12. The van der Waals surface area contributed by atoms with Gasteiger partial charge < -0.3 is 21.1 Å². The highest BCUT2D eigenvalue weighted by Crippen LogP contribution is 2.34. The first-order valence-electron chi connectivity index (χ1n) is 9.10. The maximum Gasteiger partial charge on any atom is 0.407 e. The minimum absolute atomic E-state index is 0.111. The van der Waals surface area contributed by atoms with E-state index in [1.807, 2.05) is 24.3 Å². The summed E-state index contributed by atoms with van der Waals surface area (Å²) in [4.78, 5) is 29.5. The van der Waals surface area contributed by atoms with Gasteiger partial charge in [-0.2, -0.15) is 0 Å². The molecule has 1 atom stereocenters. The van der Waals surface area contributed by atoms with E-state index in [4.69, 9.17) is 33.7 Å².